The van der Waals surface area contributed by atoms with E-state index in [0.717, 1.165) is 31.2 Å². The van der Waals surface area contributed by atoms with Gasteiger partial charge >= 0.3 is 6.18 Å². The van der Waals surface area contributed by atoms with Crippen LogP contribution >= 0.6 is 0 Å². The Balaban J connectivity index is 1.81. The zero-order valence-corrected chi connectivity index (χ0v) is 12.5. The first-order valence-electron chi connectivity index (χ1n) is 7.36. The average molecular weight is 337 g/mol. The summed E-state index contributed by atoms with van der Waals surface area (Å²) in [4.78, 5) is 25.9. The Hall–Kier alpha value is -2.64. The highest BCUT2D eigenvalue weighted by Crippen LogP contribution is 2.31. The maximum Gasteiger partial charge on any atom is 0.416 e. The zero-order chi connectivity index (χ0) is 17.3. The van der Waals surface area contributed by atoms with Gasteiger partial charge in [-0.15, -0.1) is 0 Å². The summed E-state index contributed by atoms with van der Waals surface area (Å²) in [5.41, 5.74) is -0.671. The number of aromatic amines is 1. The molecule has 5 nitrogen and oxygen atoms in total. The molecule has 0 spiro atoms. The normalized spacial score (nSPS) is 14.5. The summed E-state index contributed by atoms with van der Waals surface area (Å²) >= 11 is 0. The highest BCUT2D eigenvalue weighted by atomic mass is 19.4. The number of amides is 1. The van der Waals surface area contributed by atoms with E-state index in [1.807, 2.05) is 0 Å². The smallest absolute Gasteiger partial charge is 0.331 e. The molecule has 1 aromatic carbocycles. The molecule has 1 aliphatic carbocycles. The monoisotopic (exact) mass is 337 g/mol. The minimum absolute atomic E-state index is 0.00681. The summed E-state index contributed by atoms with van der Waals surface area (Å²) in [6.45, 7) is 0.156. The van der Waals surface area contributed by atoms with Crippen molar-refractivity contribution >= 4 is 5.91 Å². The van der Waals surface area contributed by atoms with E-state index in [1.54, 1.807) is 0 Å². The van der Waals surface area contributed by atoms with E-state index >= 15 is 0 Å². The molecule has 126 valence electrons. The number of hydrogen-bond acceptors (Lipinski definition) is 3. The minimum atomic E-state index is -4.39. The van der Waals surface area contributed by atoms with Crippen LogP contribution in [0.4, 0.5) is 13.2 Å². The summed E-state index contributed by atoms with van der Waals surface area (Å²) in [5, 5.41) is 6.01. The molecule has 0 radical (unpaired) electrons. The molecule has 0 unspecified atom stereocenters. The number of alkyl halides is 3. The van der Waals surface area contributed by atoms with Crippen molar-refractivity contribution in [1.82, 2.24) is 15.1 Å². The van der Waals surface area contributed by atoms with Crippen molar-refractivity contribution in [2.45, 2.75) is 31.6 Å². The quantitative estimate of drug-likeness (QED) is 0.933. The Morgan fingerprint density at radius 2 is 1.92 bits per heavy atom. The Morgan fingerprint density at radius 1 is 1.25 bits per heavy atom. The van der Waals surface area contributed by atoms with E-state index in [-0.39, 0.29) is 18.2 Å². The molecule has 0 aliphatic heterocycles. The molecule has 1 N–H and O–H groups in total. The second-order valence-corrected chi connectivity index (χ2v) is 5.67. The third-order valence-corrected chi connectivity index (χ3v) is 3.84. The lowest BCUT2D eigenvalue weighted by Crippen LogP contribution is -2.35. The first-order valence-corrected chi connectivity index (χ1v) is 7.36. The Labute approximate surface area is 135 Å². The maximum atomic E-state index is 12.6. The van der Waals surface area contributed by atoms with Gasteiger partial charge in [-0.1, -0.05) is 12.1 Å². The molecule has 0 bridgehead atoms. The Bertz CT molecular complexity index is 795. The fourth-order valence-corrected chi connectivity index (χ4v) is 2.41. The topological polar surface area (TPSA) is 66.1 Å². The standard InChI is InChI=1S/C16H14F3N3O2/c17-16(18,19)11-3-1-10(2-4-11)9-22(12-5-6-12)15(24)13-7-20-21-8-14(13)23/h1-4,7-8,12H,5-6,9H2,(H,20,23). The van der Waals surface area contributed by atoms with Crippen LogP contribution in [0.15, 0.2) is 41.5 Å². The van der Waals surface area contributed by atoms with Crippen molar-refractivity contribution in [1.29, 1.82) is 0 Å². The predicted molar refractivity (Wildman–Crippen MR) is 79.2 cm³/mol. The number of nitrogens with zero attached hydrogens (tertiary/aromatic N) is 2. The first kappa shape index (κ1) is 16.2. The number of H-pyrrole nitrogens is 1. The summed E-state index contributed by atoms with van der Waals surface area (Å²) in [5.74, 6) is -0.443. The fourth-order valence-electron chi connectivity index (χ4n) is 2.41. The summed E-state index contributed by atoms with van der Waals surface area (Å²) < 4.78 is 37.8. The van der Waals surface area contributed by atoms with Gasteiger partial charge in [0.2, 0.25) is 5.43 Å². The SMILES string of the molecule is O=C(c1c[nH]ncc1=O)N(Cc1ccc(C(F)(F)F)cc1)C1CC1. The number of benzene rings is 1. The second kappa shape index (κ2) is 6.10. The van der Waals surface area contributed by atoms with Crippen LogP contribution in [0.25, 0.3) is 0 Å². The molecule has 1 fully saturated rings. The second-order valence-electron chi connectivity index (χ2n) is 5.67. The van der Waals surface area contributed by atoms with Crippen molar-refractivity contribution in [3.05, 3.63) is 63.6 Å². The largest absolute Gasteiger partial charge is 0.416 e. The van der Waals surface area contributed by atoms with Gasteiger partial charge in [0.1, 0.15) is 5.56 Å². The van der Waals surface area contributed by atoms with Crippen LogP contribution in [0.2, 0.25) is 0 Å². The lowest BCUT2D eigenvalue weighted by Gasteiger charge is -2.22. The molecule has 8 heteroatoms. The van der Waals surface area contributed by atoms with Gasteiger partial charge in [-0.05, 0) is 30.5 Å². The van der Waals surface area contributed by atoms with Crippen molar-refractivity contribution in [2.75, 3.05) is 0 Å². The Morgan fingerprint density at radius 3 is 2.46 bits per heavy atom. The lowest BCUT2D eigenvalue weighted by molar-refractivity contribution is -0.137. The molecule has 1 saturated carbocycles. The van der Waals surface area contributed by atoms with Gasteiger partial charge in [-0.2, -0.15) is 18.3 Å². The Kier molecular flexibility index (Phi) is 4.13. The number of halogens is 3. The van der Waals surface area contributed by atoms with E-state index in [1.165, 1.54) is 23.2 Å². The van der Waals surface area contributed by atoms with Gasteiger partial charge < -0.3 is 4.90 Å². The van der Waals surface area contributed by atoms with E-state index < -0.39 is 23.1 Å². The van der Waals surface area contributed by atoms with Gasteiger partial charge in [0, 0.05) is 18.8 Å². The van der Waals surface area contributed by atoms with E-state index in [4.69, 9.17) is 0 Å². The van der Waals surface area contributed by atoms with Crippen molar-refractivity contribution in [3.63, 3.8) is 0 Å². The molecule has 1 aromatic heterocycles. The third kappa shape index (κ3) is 3.47. The number of rotatable bonds is 4. The molecule has 2 aromatic rings. The molecule has 24 heavy (non-hydrogen) atoms. The van der Waals surface area contributed by atoms with Gasteiger partial charge in [-0.25, -0.2) is 0 Å². The molecule has 0 atom stereocenters. The molecular formula is C16H14F3N3O2. The third-order valence-electron chi connectivity index (χ3n) is 3.84. The first-order chi connectivity index (χ1) is 11.4. The van der Waals surface area contributed by atoms with Crippen LogP contribution in [0.3, 0.4) is 0 Å². The molecule has 1 amide bonds. The molecule has 0 saturated heterocycles. The summed E-state index contributed by atoms with van der Waals surface area (Å²) in [7, 11) is 0. The highest BCUT2D eigenvalue weighted by Gasteiger charge is 2.34. The van der Waals surface area contributed by atoms with E-state index in [9.17, 15) is 22.8 Å². The minimum Gasteiger partial charge on any atom is -0.331 e. The molecular weight excluding hydrogens is 323 g/mol. The molecule has 3 rings (SSSR count). The van der Waals surface area contributed by atoms with Gasteiger partial charge in [0.15, 0.2) is 0 Å². The van der Waals surface area contributed by atoms with Crippen LogP contribution in [0.1, 0.15) is 34.3 Å². The van der Waals surface area contributed by atoms with Gasteiger partial charge in [-0.3, -0.25) is 14.7 Å². The maximum absolute atomic E-state index is 12.6. The van der Waals surface area contributed by atoms with Crippen LogP contribution in [-0.2, 0) is 12.7 Å². The lowest BCUT2D eigenvalue weighted by atomic mass is 10.1. The number of carbonyl (C=O) groups is 1. The predicted octanol–water partition coefficient (Wildman–Crippen LogP) is 2.59. The number of nitrogens with one attached hydrogen (secondary N) is 1. The fraction of sp³-hybridized carbons (Fsp3) is 0.312. The van der Waals surface area contributed by atoms with Crippen molar-refractivity contribution in [3.8, 4) is 0 Å². The van der Waals surface area contributed by atoms with Crippen LogP contribution in [0.5, 0.6) is 0 Å². The number of carbonyl (C=O) groups excluding carboxylic acids is 1. The van der Waals surface area contributed by atoms with Crippen LogP contribution < -0.4 is 5.43 Å². The number of hydrogen-bond donors (Lipinski definition) is 1. The summed E-state index contributed by atoms with van der Waals surface area (Å²) in [6.07, 6.45) is -0.497. The van der Waals surface area contributed by atoms with Gasteiger partial charge in [0.05, 0.1) is 11.8 Å². The van der Waals surface area contributed by atoms with Gasteiger partial charge in [0.25, 0.3) is 5.91 Å². The average Bonchev–Trinajstić information content (AvgIpc) is 3.37. The molecule has 1 aliphatic rings. The highest BCUT2D eigenvalue weighted by molar-refractivity contribution is 5.94. The molecule has 1 heterocycles. The zero-order valence-electron chi connectivity index (χ0n) is 12.5. The van der Waals surface area contributed by atoms with Crippen LogP contribution in [0, 0.1) is 0 Å². The summed E-state index contributed by atoms with van der Waals surface area (Å²) in [6, 6.07) is 4.69. The number of aromatic nitrogens is 2. The van der Waals surface area contributed by atoms with E-state index in [0.29, 0.717) is 5.56 Å². The van der Waals surface area contributed by atoms with E-state index in [2.05, 4.69) is 10.2 Å². The van der Waals surface area contributed by atoms with Crippen molar-refractivity contribution < 1.29 is 18.0 Å². The van der Waals surface area contributed by atoms with Crippen LogP contribution in [-0.4, -0.2) is 27.0 Å². The van der Waals surface area contributed by atoms with Crippen molar-refractivity contribution in [2.24, 2.45) is 0 Å².